The lowest BCUT2D eigenvalue weighted by molar-refractivity contribution is -0.131. The van der Waals surface area contributed by atoms with E-state index in [0.29, 0.717) is 53.9 Å². The molecule has 3 unspecified atom stereocenters. The Hall–Kier alpha value is -3.33. The van der Waals surface area contributed by atoms with Crippen LogP contribution in [0.15, 0.2) is 41.3 Å². The molecule has 4 rings (SSSR count). The van der Waals surface area contributed by atoms with E-state index in [9.17, 15) is 9.59 Å². The fourth-order valence-electron chi connectivity index (χ4n) is 5.25. The van der Waals surface area contributed by atoms with Crippen molar-refractivity contribution in [3.8, 4) is 23.0 Å². The Bertz CT molecular complexity index is 1220. The Labute approximate surface area is 235 Å². The number of fused-ring (bicyclic) bond motifs is 1. The average Bonchev–Trinajstić information content (AvgIpc) is 2.96. The zero-order valence-corrected chi connectivity index (χ0v) is 24.1. The molecule has 1 saturated carbocycles. The normalized spacial score (nSPS) is 21.8. The number of likely N-dealkylation sites (N-methyl/N-ethyl adjacent to an activating group) is 1. The number of carbonyl (C=O) groups is 2. The molecule has 2 amide bonds. The largest absolute Gasteiger partial charge is 0.493 e. The smallest absolute Gasteiger partial charge is 0.260 e. The van der Waals surface area contributed by atoms with E-state index >= 15 is 0 Å². The standard InChI is InChI=1S/C30H38N2O6S/c1-6-38-24-11-8-20(16-26(24)37-5)17-28-30(34)32(2)22-18-21(9-12-27(22)39-28)29(33)31-14-13-19-7-10-23(35-3)25(15-19)36-4/h7-8,10-11,15-17,21-22,27H,6,9,12-14,18H2,1-5H3,(H,31,33)/b28-17+. The van der Waals surface area contributed by atoms with E-state index < -0.39 is 0 Å². The molecule has 1 N–H and O–H groups in total. The van der Waals surface area contributed by atoms with Crippen LogP contribution in [0.5, 0.6) is 23.0 Å². The number of nitrogens with one attached hydrogen (secondary N) is 1. The summed E-state index contributed by atoms with van der Waals surface area (Å²) in [6.07, 6.45) is 4.98. The number of ether oxygens (including phenoxy) is 4. The van der Waals surface area contributed by atoms with E-state index in [2.05, 4.69) is 5.32 Å². The van der Waals surface area contributed by atoms with Crippen LogP contribution in [0.4, 0.5) is 0 Å². The van der Waals surface area contributed by atoms with Crippen molar-refractivity contribution >= 4 is 29.7 Å². The van der Waals surface area contributed by atoms with Gasteiger partial charge in [-0.25, -0.2) is 0 Å². The van der Waals surface area contributed by atoms with Crippen molar-refractivity contribution in [1.82, 2.24) is 10.2 Å². The lowest BCUT2D eigenvalue weighted by atomic mass is 9.83. The molecule has 0 radical (unpaired) electrons. The summed E-state index contributed by atoms with van der Waals surface area (Å²) in [6, 6.07) is 11.5. The first kappa shape index (κ1) is 28.7. The van der Waals surface area contributed by atoms with Crippen LogP contribution < -0.4 is 24.3 Å². The molecule has 1 heterocycles. The van der Waals surface area contributed by atoms with E-state index in [-0.39, 0.29) is 29.0 Å². The molecule has 2 aromatic rings. The maximum absolute atomic E-state index is 13.3. The highest BCUT2D eigenvalue weighted by Gasteiger charge is 2.42. The highest BCUT2D eigenvalue weighted by molar-refractivity contribution is 8.04. The third-order valence-corrected chi connectivity index (χ3v) is 8.78. The van der Waals surface area contributed by atoms with Gasteiger partial charge in [0.15, 0.2) is 23.0 Å². The van der Waals surface area contributed by atoms with Crippen LogP contribution in [0, 0.1) is 5.92 Å². The Morgan fingerprint density at radius 2 is 1.74 bits per heavy atom. The second-order valence-corrected chi connectivity index (χ2v) is 11.0. The number of hydrogen-bond acceptors (Lipinski definition) is 7. The van der Waals surface area contributed by atoms with Gasteiger partial charge in [-0.05, 0) is 74.1 Å². The first-order valence-corrected chi connectivity index (χ1v) is 14.2. The highest BCUT2D eigenvalue weighted by Crippen LogP contribution is 2.43. The van der Waals surface area contributed by atoms with Gasteiger partial charge in [-0.1, -0.05) is 12.1 Å². The van der Waals surface area contributed by atoms with E-state index in [0.717, 1.165) is 24.0 Å². The number of carbonyl (C=O) groups excluding carboxylic acids is 2. The molecule has 9 heteroatoms. The van der Waals surface area contributed by atoms with Gasteiger partial charge in [0.25, 0.3) is 5.91 Å². The zero-order valence-electron chi connectivity index (χ0n) is 23.3. The maximum atomic E-state index is 13.3. The van der Waals surface area contributed by atoms with Crippen LogP contribution in [-0.4, -0.2) is 69.5 Å². The maximum Gasteiger partial charge on any atom is 0.260 e. The van der Waals surface area contributed by atoms with Gasteiger partial charge in [-0.3, -0.25) is 9.59 Å². The van der Waals surface area contributed by atoms with Crippen LogP contribution in [0.3, 0.4) is 0 Å². The fourth-order valence-corrected chi connectivity index (χ4v) is 6.73. The van der Waals surface area contributed by atoms with Gasteiger partial charge >= 0.3 is 0 Å². The summed E-state index contributed by atoms with van der Waals surface area (Å²) >= 11 is 1.63. The minimum Gasteiger partial charge on any atom is -0.493 e. The molecule has 210 valence electrons. The van der Waals surface area contributed by atoms with Crippen LogP contribution >= 0.6 is 11.8 Å². The van der Waals surface area contributed by atoms with Crippen molar-refractivity contribution in [2.75, 3.05) is 41.5 Å². The number of rotatable bonds is 10. The predicted octanol–water partition coefficient (Wildman–Crippen LogP) is 4.55. The summed E-state index contributed by atoms with van der Waals surface area (Å²) in [6.45, 7) is 3.02. The van der Waals surface area contributed by atoms with Crippen molar-refractivity contribution in [2.45, 2.75) is 43.9 Å². The van der Waals surface area contributed by atoms with Gasteiger partial charge in [-0.2, -0.15) is 0 Å². The molecule has 3 atom stereocenters. The average molecular weight is 555 g/mol. The number of amides is 2. The molecule has 39 heavy (non-hydrogen) atoms. The number of benzene rings is 2. The van der Waals surface area contributed by atoms with Gasteiger partial charge in [-0.15, -0.1) is 11.8 Å². The highest BCUT2D eigenvalue weighted by atomic mass is 32.2. The molecule has 2 aromatic carbocycles. The molecular weight excluding hydrogens is 516 g/mol. The van der Waals surface area contributed by atoms with Gasteiger partial charge < -0.3 is 29.2 Å². The first-order chi connectivity index (χ1) is 18.9. The Kier molecular flexibility index (Phi) is 9.67. The van der Waals surface area contributed by atoms with E-state index in [4.69, 9.17) is 18.9 Å². The second kappa shape index (κ2) is 13.2. The summed E-state index contributed by atoms with van der Waals surface area (Å²) in [7, 11) is 6.68. The first-order valence-electron chi connectivity index (χ1n) is 13.3. The van der Waals surface area contributed by atoms with Crippen LogP contribution in [-0.2, 0) is 16.0 Å². The predicted molar refractivity (Wildman–Crippen MR) is 154 cm³/mol. The number of hydrogen-bond donors (Lipinski definition) is 1. The van der Waals surface area contributed by atoms with Gasteiger partial charge in [0.05, 0.1) is 32.8 Å². The fraction of sp³-hybridized carbons (Fsp3) is 0.467. The Morgan fingerprint density at radius 1 is 1.03 bits per heavy atom. The third-order valence-electron chi connectivity index (χ3n) is 7.38. The van der Waals surface area contributed by atoms with E-state index in [1.54, 1.807) is 33.1 Å². The van der Waals surface area contributed by atoms with Crippen molar-refractivity contribution in [1.29, 1.82) is 0 Å². The number of nitrogens with zero attached hydrogens (tertiary/aromatic N) is 1. The molecule has 1 saturated heterocycles. The molecular formula is C30H38N2O6S. The summed E-state index contributed by atoms with van der Waals surface area (Å²) in [5.41, 5.74) is 1.95. The Balaban J connectivity index is 1.34. The monoisotopic (exact) mass is 554 g/mol. The molecule has 0 bridgehead atoms. The minimum atomic E-state index is -0.103. The quantitative estimate of drug-likeness (QED) is 0.431. The number of methoxy groups -OCH3 is 3. The van der Waals surface area contributed by atoms with E-state index in [1.807, 2.05) is 61.3 Å². The molecule has 0 spiro atoms. The zero-order chi connectivity index (χ0) is 27.9. The summed E-state index contributed by atoms with van der Waals surface area (Å²) < 4.78 is 21.7. The lowest BCUT2D eigenvalue weighted by Crippen LogP contribution is -2.52. The molecule has 2 aliphatic rings. The van der Waals surface area contributed by atoms with Crippen molar-refractivity contribution in [3.05, 3.63) is 52.4 Å². The van der Waals surface area contributed by atoms with Gasteiger partial charge in [0.1, 0.15) is 0 Å². The van der Waals surface area contributed by atoms with Gasteiger partial charge in [0, 0.05) is 30.8 Å². The van der Waals surface area contributed by atoms with E-state index in [1.165, 1.54) is 0 Å². The van der Waals surface area contributed by atoms with Crippen LogP contribution in [0.25, 0.3) is 6.08 Å². The third kappa shape index (κ3) is 6.64. The molecule has 8 nitrogen and oxygen atoms in total. The molecule has 1 aliphatic carbocycles. The van der Waals surface area contributed by atoms with Crippen molar-refractivity contribution < 1.29 is 28.5 Å². The summed E-state index contributed by atoms with van der Waals surface area (Å²) in [5.74, 6) is 2.63. The molecule has 0 aromatic heterocycles. The van der Waals surface area contributed by atoms with Crippen LogP contribution in [0.1, 0.15) is 37.3 Å². The Morgan fingerprint density at radius 3 is 2.46 bits per heavy atom. The second-order valence-electron chi connectivity index (χ2n) is 9.73. The lowest BCUT2D eigenvalue weighted by Gasteiger charge is -2.44. The van der Waals surface area contributed by atoms with Crippen molar-refractivity contribution in [2.24, 2.45) is 5.92 Å². The van der Waals surface area contributed by atoms with Gasteiger partial charge in [0.2, 0.25) is 5.91 Å². The topological polar surface area (TPSA) is 86.3 Å². The summed E-state index contributed by atoms with van der Waals surface area (Å²) in [4.78, 5) is 28.8. The van der Waals surface area contributed by atoms with Crippen molar-refractivity contribution in [3.63, 3.8) is 0 Å². The SMILES string of the molecule is CCOc1ccc(/C=C2/SC3CCC(C(=O)NCCc4ccc(OC)c(OC)c4)CC3N(C)C2=O)cc1OC. The summed E-state index contributed by atoms with van der Waals surface area (Å²) in [5, 5.41) is 3.36. The number of thioether (sulfide) groups is 1. The minimum absolute atomic E-state index is 0.0105. The van der Waals surface area contributed by atoms with Crippen LogP contribution in [0.2, 0.25) is 0 Å². The molecule has 2 fully saturated rings. The molecule has 1 aliphatic heterocycles.